The minimum atomic E-state index is -3.32. The molecule has 10 nitrogen and oxygen atoms in total. The number of anilines is 3. The number of H-pyrrole nitrogens is 1. The van der Waals surface area contributed by atoms with Crippen LogP contribution in [0.2, 0.25) is 0 Å². The van der Waals surface area contributed by atoms with E-state index in [1.807, 2.05) is 37.3 Å². The molecule has 11 heteroatoms. The van der Waals surface area contributed by atoms with E-state index >= 15 is 0 Å². The van der Waals surface area contributed by atoms with Gasteiger partial charge in [-0.25, -0.2) is 13.4 Å². The first-order valence-electron chi connectivity index (χ1n) is 11.3. The van der Waals surface area contributed by atoms with Gasteiger partial charge in [0.05, 0.1) is 17.9 Å². The van der Waals surface area contributed by atoms with Crippen molar-refractivity contribution in [3.63, 3.8) is 0 Å². The van der Waals surface area contributed by atoms with E-state index in [9.17, 15) is 8.42 Å². The van der Waals surface area contributed by atoms with Crippen molar-refractivity contribution in [1.29, 1.82) is 0 Å². The number of nitrogens with zero attached hydrogens (tertiary/aromatic N) is 4. The maximum atomic E-state index is 12.8. The van der Waals surface area contributed by atoms with Gasteiger partial charge in [-0.05, 0) is 44.7 Å². The summed E-state index contributed by atoms with van der Waals surface area (Å²) in [6.45, 7) is 2.16. The van der Waals surface area contributed by atoms with Crippen molar-refractivity contribution in [3.05, 3.63) is 36.0 Å². The van der Waals surface area contributed by atoms with Crippen molar-refractivity contribution < 1.29 is 13.2 Å². The molecular weight excluding hydrogens is 442 g/mol. The number of hydrogen-bond donors (Lipinski definition) is 3. The predicted octanol–water partition coefficient (Wildman–Crippen LogP) is 2.79. The molecule has 3 atom stereocenters. The molecule has 2 bridgehead atoms. The number of methoxy groups -OCH3 is 1. The molecule has 33 heavy (non-hydrogen) atoms. The number of benzene rings is 1. The van der Waals surface area contributed by atoms with Gasteiger partial charge >= 0.3 is 0 Å². The van der Waals surface area contributed by atoms with Crippen LogP contribution < -0.4 is 10.6 Å². The number of para-hydroxylation sites is 1. The Morgan fingerprint density at radius 1 is 1.18 bits per heavy atom. The van der Waals surface area contributed by atoms with E-state index in [1.54, 1.807) is 4.31 Å². The lowest BCUT2D eigenvalue weighted by atomic mass is 10.00. The van der Waals surface area contributed by atoms with Gasteiger partial charge in [0, 0.05) is 42.4 Å². The molecule has 176 valence electrons. The van der Waals surface area contributed by atoms with Gasteiger partial charge < -0.3 is 15.4 Å². The molecule has 3 N–H and O–H groups in total. The highest BCUT2D eigenvalue weighted by Crippen LogP contribution is 2.39. The molecular formula is C22H29N7O3S. The second kappa shape index (κ2) is 8.88. The third kappa shape index (κ3) is 4.53. The highest BCUT2D eigenvalue weighted by Gasteiger charge is 2.46. The molecule has 0 spiro atoms. The Balaban J connectivity index is 1.36. The molecule has 5 rings (SSSR count). The number of rotatable bonds is 8. The summed E-state index contributed by atoms with van der Waals surface area (Å²) < 4.78 is 32.4. The maximum Gasteiger partial charge on any atom is 0.225 e. The Labute approximate surface area is 193 Å². The minimum Gasteiger partial charge on any atom is -0.384 e. The summed E-state index contributed by atoms with van der Waals surface area (Å²) in [6.07, 6.45) is 3.25. The van der Waals surface area contributed by atoms with E-state index in [0.717, 1.165) is 42.3 Å². The van der Waals surface area contributed by atoms with Gasteiger partial charge in [-0.1, -0.05) is 12.1 Å². The number of sulfonamides is 1. The van der Waals surface area contributed by atoms with Crippen molar-refractivity contribution >= 4 is 38.5 Å². The standard InChI is InChI=1S/C22H29N7O3S/c1-14-11-20(28-27-14)25-21-18-5-3-4-6-19(18)24-22(26-21)23-15-12-16-7-8-17(13-15)29(16)33(30,31)10-9-32-2/h3-6,11,15-17H,7-10,12-13H2,1-2H3,(H3,23,24,25,26,27,28)/t15?,16-,17+. The zero-order chi connectivity index (χ0) is 23.0. The smallest absolute Gasteiger partial charge is 0.225 e. The fourth-order valence-electron chi connectivity index (χ4n) is 5.02. The molecule has 1 unspecified atom stereocenters. The van der Waals surface area contributed by atoms with Crippen LogP contribution in [0.25, 0.3) is 10.9 Å². The van der Waals surface area contributed by atoms with E-state index in [1.165, 1.54) is 7.11 Å². The van der Waals surface area contributed by atoms with Crippen LogP contribution in [0, 0.1) is 6.92 Å². The Bertz CT molecular complexity index is 1230. The van der Waals surface area contributed by atoms with Gasteiger partial charge in [0.15, 0.2) is 5.82 Å². The van der Waals surface area contributed by atoms with Crippen molar-refractivity contribution in [1.82, 2.24) is 24.5 Å². The molecule has 2 saturated heterocycles. The van der Waals surface area contributed by atoms with E-state index in [-0.39, 0.29) is 30.5 Å². The number of hydrogen-bond acceptors (Lipinski definition) is 8. The summed E-state index contributed by atoms with van der Waals surface area (Å²) in [5.74, 6) is 1.93. The van der Waals surface area contributed by atoms with Crippen molar-refractivity contribution in [2.45, 2.75) is 50.7 Å². The summed E-state index contributed by atoms with van der Waals surface area (Å²) in [5, 5.41) is 14.9. The van der Waals surface area contributed by atoms with Gasteiger partial charge in [0.25, 0.3) is 0 Å². The van der Waals surface area contributed by atoms with E-state index in [2.05, 4.69) is 20.8 Å². The minimum absolute atomic E-state index is 0.00758. The van der Waals surface area contributed by atoms with Crippen LogP contribution in [-0.2, 0) is 14.8 Å². The van der Waals surface area contributed by atoms with Gasteiger partial charge in [-0.2, -0.15) is 14.4 Å². The van der Waals surface area contributed by atoms with Crippen LogP contribution in [0.3, 0.4) is 0 Å². The summed E-state index contributed by atoms with van der Waals surface area (Å²) in [4.78, 5) is 9.46. The summed E-state index contributed by atoms with van der Waals surface area (Å²) in [6, 6.07) is 9.88. The van der Waals surface area contributed by atoms with Crippen molar-refractivity contribution in [2.75, 3.05) is 30.1 Å². The van der Waals surface area contributed by atoms with Crippen LogP contribution >= 0.6 is 0 Å². The second-order valence-electron chi connectivity index (χ2n) is 8.81. The Morgan fingerprint density at radius 3 is 2.64 bits per heavy atom. The molecule has 3 aromatic rings. The molecule has 2 fully saturated rings. The molecule has 0 aliphatic carbocycles. The van der Waals surface area contributed by atoms with E-state index < -0.39 is 10.0 Å². The fraction of sp³-hybridized carbons (Fsp3) is 0.500. The molecule has 2 aromatic heterocycles. The van der Waals surface area contributed by atoms with Crippen LogP contribution in [-0.4, -0.2) is 70.5 Å². The molecule has 2 aliphatic rings. The first-order valence-corrected chi connectivity index (χ1v) is 12.9. The van der Waals surface area contributed by atoms with E-state index in [0.29, 0.717) is 17.6 Å². The number of aromatic nitrogens is 4. The van der Waals surface area contributed by atoms with Gasteiger partial charge in [-0.15, -0.1) is 0 Å². The summed E-state index contributed by atoms with van der Waals surface area (Å²) in [5.41, 5.74) is 1.78. The third-order valence-corrected chi connectivity index (χ3v) is 8.34. The molecule has 0 radical (unpaired) electrons. The number of aryl methyl sites for hydroxylation is 1. The summed E-state index contributed by atoms with van der Waals surface area (Å²) in [7, 11) is -1.79. The number of aromatic amines is 1. The third-order valence-electron chi connectivity index (χ3n) is 6.42. The average Bonchev–Trinajstić information content (AvgIpc) is 3.33. The van der Waals surface area contributed by atoms with Crippen LogP contribution in [0.15, 0.2) is 30.3 Å². The average molecular weight is 472 g/mol. The predicted molar refractivity (Wildman–Crippen MR) is 127 cm³/mol. The number of fused-ring (bicyclic) bond motifs is 3. The van der Waals surface area contributed by atoms with Gasteiger partial charge in [-0.3, -0.25) is 5.10 Å². The molecule has 1 aromatic carbocycles. The normalized spacial score (nSPS) is 23.2. The summed E-state index contributed by atoms with van der Waals surface area (Å²) >= 11 is 0. The number of piperidine rings is 1. The highest BCUT2D eigenvalue weighted by atomic mass is 32.2. The van der Waals surface area contributed by atoms with Crippen molar-refractivity contribution in [3.8, 4) is 0 Å². The fourth-order valence-corrected chi connectivity index (χ4v) is 6.90. The Morgan fingerprint density at radius 2 is 1.94 bits per heavy atom. The first kappa shape index (κ1) is 22.1. The lowest BCUT2D eigenvalue weighted by Gasteiger charge is -2.38. The van der Waals surface area contributed by atoms with Crippen LogP contribution in [0.1, 0.15) is 31.4 Å². The first-order chi connectivity index (χ1) is 15.9. The van der Waals surface area contributed by atoms with Crippen molar-refractivity contribution in [2.24, 2.45) is 0 Å². The quantitative estimate of drug-likeness (QED) is 0.458. The van der Waals surface area contributed by atoms with Crippen LogP contribution in [0.4, 0.5) is 17.6 Å². The zero-order valence-electron chi connectivity index (χ0n) is 18.8. The topological polar surface area (TPSA) is 125 Å². The number of ether oxygens (including phenoxy) is 1. The van der Waals surface area contributed by atoms with Gasteiger partial charge in [0.2, 0.25) is 16.0 Å². The molecule has 0 amide bonds. The lowest BCUT2D eigenvalue weighted by molar-refractivity contribution is 0.207. The SMILES string of the molecule is COCCS(=O)(=O)N1[C@@H]2CC[C@H]1CC(Nc1nc(Nc3cc(C)[nH]n3)c3ccccc3n1)C2. The van der Waals surface area contributed by atoms with Crippen LogP contribution in [0.5, 0.6) is 0 Å². The number of nitrogens with one attached hydrogen (secondary N) is 3. The zero-order valence-corrected chi connectivity index (χ0v) is 19.6. The maximum absolute atomic E-state index is 12.8. The largest absolute Gasteiger partial charge is 0.384 e. The lowest BCUT2D eigenvalue weighted by Crippen LogP contribution is -2.50. The monoisotopic (exact) mass is 471 g/mol. The molecule has 2 aliphatic heterocycles. The Kier molecular flexibility index (Phi) is 5.94. The highest BCUT2D eigenvalue weighted by molar-refractivity contribution is 7.89. The second-order valence-corrected chi connectivity index (χ2v) is 10.8. The molecule has 0 saturated carbocycles. The molecule has 4 heterocycles. The Hall–Kier alpha value is -2.76. The van der Waals surface area contributed by atoms with E-state index in [4.69, 9.17) is 14.7 Å². The van der Waals surface area contributed by atoms with Gasteiger partial charge in [0.1, 0.15) is 5.82 Å².